The van der Waals surface area contributed by atoms with E-state index < -0.39 is 12.3 Å². The molecule has 1 rings (SSSR count). The molecule has 1 heterocycles. The number of carbonyl (C=O) groups excluding carboxylic acids is 1. The van der Waals surface area contributed by atoms with Crippen LogP contribution in [0, 0.1) is 0 Å². The molecule has 0 aliphatic carbocycles. The van der Waals surface area contributed by atoms with Crippen molar-refractivity contribution in [1.82, 2.24) is 0 Å². The SMILES string of the molecule is CCCC/C=C\CCCCCCCCCCC1=CC(=O)OC1O. The molecule has 0 radical (unpaired) electrons. The molecule has 0 aromatic carbocycles. The first-order valence-electron chi connectivity index (χ1n) is 9.48. The van der Waals surface area contributed by atoms with Gasteiger partial charge in [0.1, 0.15) is 0 Å². The third-order valence-electron chi connectivity index (χ3n) is 4.33. The summed E-state index contributed by atoms with van der Waals surface area (Å²) in [6.45, 7) is 2.23. The lowest BCUT2D eigenvalue weighted by molar-refractivity contribution is -0.151. The Bertz CT molecular complexity index is 371. The Labute approximate surface area is 141 Å². The number of aliphatic hydroxyl groups excluding tert-OH is 1. The lowest BCUT2D eigenvalue weighted by Gasteiger charge is -2.07. The lowest BCUT2D eigenvalue weighted by Crippen LogP contribution is -2.09. The smallest absolute Gasteiger partial charge is 0.333 e. The minimum atomic E-state index is -0.987. The van der Waals surface area contributed by atoms with E-state index in [0.29, 0.717) is 0 Å². The van der Waals surface area contributed by atoms with E-state index in [2.05, 4.69) is 23.8 Å². The number of ether oxygens (including phenoxy) is 1. The topological polar surface area (TPSA) is 46.5 Å². The van der Waals surface area contributed by atoms with Crippen LogP contribution in [0.3, 0.4) is 0 Å². The van der Waals surface area contributed by atoms with Crippen LogP contribution in [0.15, 0.2) is 23.8 Å². The Kier molecular flexibility index (Phi) is 11.6. The average molecular weight is 322 g/mol. The van der Waals surface area contributed by atoms with Crippen LogP contribution < -0.4 is 0 Å². The van der Waals surface area contributed by atoms with Crippen molar-refractivity contribution in [3.05, 3.63) is 23.8 Å². The number of esters is 1. The number of allylic oxidation sites excluding steroid dienone is 2. The predicted octanol–water partition coefficient (Wildman–Crippen LogP) is 5.44. The molecule has 0 spiro atoms. The number of hydrogen-bond donors (Lipinski definition) is 1. The van der Waals surface area contributed by atoms with Gasteiger partial charge in [0.25, 0.3) is 0 Å². The highest BCUT2D eigenvalue weighted by molar-refractivity contribution is 5.85. The summed E-state index contributed by atoms with van der Waals surface area (Å²) in [6, 6.07) is 0. The van der Waals surface area contributed by atoms with Crippen LogP contribution in [0.25, 0.3) is 0 Å². The van der Waals surface area contributed by atoms with E-state index in [9.17, 15) is 9.90 Å². The van der Waals surface area contributed by atoms with Crippen molar-refractivity contribution in [2.45, 2.75) is 96.7 Å². The number of carbonyl (C=O) groups is 1. The normalized spacial score (nSPS) is 17.7. The van der Waals surface area contributed by atoms with Gasteiger partial charge in [-0.25, -0.2) is 4.79 Å². The zero-order valence-electron chi connectivity index (χ0n) is 14.8. The number of aliphatic hydroxyl groups is 1. The summed E-state index contributed by atoms with van der Waals surface area (Å²) in [5, 5.41) is 9.45. The van der Waals surface area contributed by atoms with E-state index in [4.69, 9.17) is 0 Å². The highest BCUT2D eigenvalue weighted by atomic mass is 16.6. The van der Waals surface area contributed by atoms with Crippen LogP contribution in [-0.4, -0.2) is 17.4 Å². The van der Waals surface area contributed by atoms with Crippen molar-refractivity contribution >= 4 is 5.97 Å². The minimum Gasteiger partial charge on any atom is -0.429 e. The quantitative estimate of drug-likeness (QED) is 0.263. The van der Waals surface area contributed by atoms with E-state index in [1.54, 1.807) is 0 Å². The summed E-state index contributed by atoms with van der Waals surface area (Å²) in [6.07, 6.45) is 21.0. The van der Waals surface area contributed by atoms with Crippen molar-refractivity contribution in [1.29, 1.82) is 0 Å². The maximum absolute atomic E-state index is 10.9. The fourth-order valence-corrected chi connectivity index (χ4v) is 2.85. The average Bonchev–Trinajstić information content (AvgIpc) is 2.85. The maximum Gasteiger partial charge on any atom is 0.333 e. The Morgan fingerprint density at radius 2 is 1.52 bits per heavy atom. The molecule has 0 aromatic rings. The van der Waals surface area contributed by atoms with Gasteiger partial charge >= 0.3 is 5.97 Å². The van der Waals surface area contributed by atoms with Gasteiger partial charge in [-0.2, -0.15) is 0 Å². The van der Waals surface area contributed by atoms with Crippen molar-refractivity contribution in [3.8, 4) is 0 Å². The van der Waals surface area contributed by atoms with Gasteiger partial charge in [0, 0.05) is 11.6 Å². The van der Waals surface area contributed by atoms with Crippen LogP contribution in [0.5, 0.6) is 0 Å². The molecular formula is C20H34O3. The minimum absolute atomic E-state index is 0.410. The zero-order valence-corrected chi connectivity index (χ0v) is 14.8. The van der Waals surface area contributed by atoms with Gasteiger partial charge in [0.05, 0.1) is 0 Å². The summed E-state index contributed by atoms with van der Waals surface area (Å²) >= 11 is 0. The molecule has 0 saturated carbocycles. The van der Waals surface area contributed by atoms with Gasteiger partial charge in [-0.05, 0) is 32.1 Å². The lowest BCUT2D eigenvalue weighted by atomic mass is 10.0. The molecule has 0 aromatic heterocycles. The molecule has 1 unspecified atom stereocenters. The second-order valence-electron chi connectivity index (χ2n) is 6.49. The third kappa shape index (κ3) is 10.3. The van der Waals surface area contributed by atoms with Gasteiger partial charge in [-0.1, -0.05) is 70.4 Å². The largest absolute Gasteiger partial charge is 0.429 e. The van der Waals surface area contributed by atoms with Crippen molar-refractivity contribution in [2.24, 2.45) is 0 Å². The van der Waals surface area contributed by atoms with Gasteiger partial charge in [0.15, 0.2) is 0 Å². The molecular weight excluding hydrogens is 288 g/mol. The van der Waals surface area contributed by atoms with Crippen LogP contribution >= 0.6 is 0 Å². The number of unbranched alkanes of at least 4 members (excludes halogenated alkanes) is 10. The first kappa shape index (κ1) is 20.0. The zero-order chi connectivity index (χ0) is 16.8. The third-order valence-corrected chi connectivity index (χ3v) is 4.33. The van der Waals surface area contributed by atoms with Crippen LogP contribution in [0.2, 0.25) is 0 Å². The molecule has 1 aliphatic rings. The summed E-state index contributed by atoms with van der Waals surface area (Å²) in [7, 11) is 0. The predicted molar refractivity (Wildman–Crippen MR) is 95.0 cm³/mol. The molecule has 1 aliphatic heterocycles. The van der Waals surface area contributed by atoms with Crippen molar-refractivity contribution in [3.63, 3.8) is 0 Å². The van der Waals surface area contributed by atoms with E-state index in [0.717, 1.165) is 18.4 Å². The van der Waals surface area contributed by atoms with Crippen LogP contribution in [0.1, 0.15) is 90.4 Å². The molecule has 1 N–H and O–H groups in total. The number of rotatable bonds is 14. The molecule has 0 fully saturated rings. The summed E-state index contributed by atoms with van der Waals surface area (Å²) in [4.78, 5) is 10.9. The van der Waals surface area contributed by atoms with Gasteiger partial charge in [-0.3, -0.25) is 0 Å². The first-order chi connectivity index (χ1) is 11.2. The number of hydrogen-bond acceptors (Lipinski definition) is 3. The van der Waals surface area contributed by atoms with Gasteiger partial charge < -0.3 is 9.84 Å². The second-order valence-corrected chi connectivity index (χ2v) is 6.49. The molecule has 3 heteroatoms. The monoisotopic (exact) mass is 322 g/mol. The summed E-state index contributed by atoms with van der Waals surface area (Å²) in [5.74, 6) is -0.410. The van der Waals surface area contributed by atoms with E-state index in [1.165, 1.54) is 76.7 Å². The van der Waals surface area contributed by atoms with Crippen LogP contribution in [0.4, 0.5) is 0 Å². The summed E-state index contributed by atoms with van der Waals surface area (Å²) < 4.78 is 4.66. The Morgan fingerprint density at radius 3 is 2.09 bits per heavy atom. The molecule has 0 bridgehead atoms. The second kappa shape index (κ2) is 13.4. The first-order valence-corrected chi connectivity index (χ1v) is 9.48. The van der Waals surface area contributed by atoms with Crippen molar-refractivity contribution in [2.75, 3.05) is 0 Å². The Morgan fingerprint density at radius 1 is 0.957 bits per heavy atom. The maximum atomic E-state index is 10.9. The number of cyclic esters (lactones) is 1. The molecule has 3 nitrogen and oxygen atoms in total. The fraction of sp³-hybridized carbons (Fsp3) is 0.750. The highest BCUT2D eigenvalue weighted by Crippen LogP contribution is 2.20. The van der Waals surface area contributed by atoms with Gasteiger partial charge in [0.2, 0.25) is 6.29 Å². The molecule has 1 atom stereocenters. The molecule has 0 saturated heterocycles. The van der Waals surface area contributed by atoms with Crippen LogP contribution in [-0.2, 0) is 9.53 Å². The highest BCUT2D eigenvalue weighted by Gasteiger charge is 2.22. The summed E-state index contributed by atoms with van der Waals surface area (Å²) in [5.41, 5.74) is 0.738. The van der Waals surface area contributed by atoms with Gasteiger partial charge in [-0.15, -0.1) is 0 Å². The molecule has 23 heavy (non-hydrogen) atoms. The van der Waals surface area contributed by atoms with E-state index in [1.807, 2.05) is 0 Å². The standard InChI is InChI=1S/C20H34O3/c1-2-3-4-5-6-7-8-9-10-11-12-13-14-15-16-18-17-19(21)23-20(18)22/h5-6,17,20,22H,2-4,7-16H2,1H3/b6-5-. The van der Waals surface area contributed by atoms with Crippen molar-refractivity contribution < 1.29 is 14.6 Å². The molecule has 0 amide bonds. The van der Waals surface area contributed by atoms with E-state index >= 15 is 0 Å². The Hall–Kier alpha value is -1.09. The fourth-order valence-electron chi connectivity index (χ4n) is 2.85. The Balaban J connectivity index is 1.81. The molecule has 132 valence electrons. The van der Waals surface area contributed by atoms with E-state index in [-0.39, 0.29) is 0 Å².